The van der Waals surface area contributed by atoms with Crippen LogP contribution in [-0.2, 0) is 20.8 Å². The molecule has 0 unspecified atom stereocenters. The van der Waals surface area contributed by atoms with Crippen molar-refractivity contribution in [3.8, 4) is 0 Å². The zero-order valence-corrected chi connectivity index (χ0v) is 20.1. The Kier molecular flexibility index (Phi) is 7.22. The predicted molar refractivity (Wildman–Crippen MR) is 123 cm³/mol. The van der Waals surface area contributed by atoms with Gasteiger partial charge in [0.05, 0.1) is 26.1 Å². The van der Waals surface area contributed by atoms with Gasteiger partial charge in [0.25, 0.3) is 5.91 Å². The number of aryl methyl sites for hydroxylation is 2. The predicted octanol–water partition coefficient (Wildman–Crippen LogP) is 2.64. The Balaban J connectivity index is 2.00. The van der Waals surface area contributed by atoms with Crippen LogP contribution in [-0.4, -0.2) is 59.2 Å². The quantitative estimate of drug-likeness (QED) is 0.484. The molecule has 2 heterocycles. The van der Waals surface area contributed by atoms with Crippen LogP contribution in [0.1, 0.15) is 59.3 Å². The van der Waals surface area contributed by atoms with Crippen LogP contribution in [0.5, 0.6) is 0 Å². The van der Waals surface area contributed by atoms with Crippen LogP contribution in [0.25, 0.3) is 0 Å². The molecule has 1 N–H and O–H groups in total. The van der Waals surface area contributed by atoms with Crippen molar-refractivity contribution in [2.45, 2.75) is 59.2 Å². The first-order chi connectivity index (χ1) is 15.6. The first kappa shape index (κ1) is 24.4. The number of nitrogens with zero attached hydrogens (tertiary/aromatic N) is 3. The number of ether oxygens (including phenoxy) is 2. The van der Waals surface area contributed by atoms with E-state index in [0.29, 0.717) is 25.3 Å². The second kappa shape index (κ2) is 9.74. The van der Waals surface area contributed by atoms with Crippen molar-refractivity contribution in [3.63, 3.8) is 0 Å². The lowest BCUT2D eigenvalue weighted by Crippen LogP contribution is -2.64. The van der Waals surface area contributed by atoms with Crippen molar-refractivity contribution in [1.82, 2.24) is 14.9 Å². The standard InChI is InChI=1S/C24H32N4O5/c1-15(2)33-11-7-10-25-23(31)24(5)13-27-14-26-19(22(30)32-6)20(27)21(29)28(24)18-12-16(3)8-9-17(18)4/h8-9,12,14-15H,7,10-11,13H2,1-6H3,(H,25,31)/t24-/m1/s1. The number of hydrogen-bond donors (Lipinski definition) is 1. The molecule has 0 spiro atoms. The summed E-state index contributed by atoms with van der Waals surface area (Å²) in [6, 6.07) is 5.73. The summed E-state index contributed by atoms with van der Waals surface area (Å²) in [4.78, 5) is 45.1. The Bertz CT molecular complexity index is 1060. The number of anilines is 1. The number of rotatable bonds is 8. The van der Waals surface area contributed by atoms with E-state index in [1.54, 1.807) is 11.5 Å². The topological polar surface area (TPSA) is 103 Å². The number of fused-ring (bicyclic) bond motifs is 1. The van der Waals surface area contributed by atoms with Crippen LogP contribution in [0.15, 0.2) is 24.5 Å². The van der Waals surface area contributed by atoms with Crippen LogP contribution >= 0.6 is 0 Å². The normalized spacial score (nSPS) is 17.8. The second-order valence-electron chi connectivity index (χ2n) is 8.79. The van der Waals surface area contributed by atoms with Crippen molar-refractivity contribution in [3.05, 3.63) is 47.0 Å². The Morgan fingerprint density at radius 3 is 2.67 bits per heavy atom. The molecule has 1 atom stereocenters. The summed E-state index contributed by atoms with van der Waals surface area (Å²) in [6.45, 7) is 10.5. The van der Waals surface area contributed by atoms with Crippen molar-refractivity contribution in [2.75, 3.05) is 25.2 Å². The number of amides is 2. The summed E-state index contributed by atoms with van der Waals surface area (Å²) in [5, 5.41) is 2.95. The van der Waals surface area contributed by atoms with Crippen LogP contribution in [0.3, 0.4) is 0 Å². The summed E-state index contributed by atoms with van der Waals surface area (Å²) >= 11 is 0. The van der Waals surface area contributed by atoms with Crippen molar-refractivity contribution < 1.29 is 23.9 Å². The average Bonchev–Trinajstić information content (AvgIpc) is 3.18. The van der Waals surface area contributed by atoms with E-state index in [9.17, 15) is 14.4 Å². The molecule has 9 heteroatoms. The summed E-state index contributed by atoms with van der Waals surface area (Å²) in [6.07, 6.45) is 2.18. The largest absolute Gasteiger partial charge is 0.464 e. The molecule has 0 saturated carbocycles. The second-order valence-corrected chi connectivity index (χ2v) is 8.79. The highest BCUT2D eigenvalue weighted by Crippen LogP contribution is 2.36. The number of aromatic nitrogens is 2. The van der Waals surface area contributed by atoms with Crippen LogP contribution < -0.4 is 10.2 Å². The first-order valence-corrected chi connectivity index (χ1v) is 11.0. The molecule has 0 radical (unpaired) electrons. The van der Waals surface area contributed by atoms with Crippen molar-refractivity contribution in [1.29, 1.82) is 0 Å². The van der Waals surface area contributed by atoms with E-state index in [0.717, 1.165) is 11.1 Å². The van der Waals surface area contributed by atoms with Crippen molar-refractivity contribution >= 4 is 23.5 Å². The molecule has 2 aromatic rings. The Morgan fingerprint density at radius 2 is 2.00 bits per heavy atom. The molecule has 3 rings (SSSR count). The average molecular weight is 457 g/mol. The summed E-state index contributed by atoms with van der Waals surface area (Å²) < 4.78 is 11.9. The number of benzene rings is 1. The highest BCUT2D eigenvalue weighted by atomic mass is 16.5. The molecule has 33 heavy (non-hydrogen) atoms. The molecule has 2 amide bonds. The van der Waals surface area contributed by atoms with Gasteiger partial charge in [0.2, 0.25) is 5.91 Å². The monoisotopic (exact) mass is 456 g/mol. The number of carbonyl (C=O) groups is 3. The maximum absolute atomic E-state index is 13.8. The molecule has 1 aromatic heterocycles. The van der Waals surface area contributed by atoms with Gasteiger partial charge in [-0.3, -0.25) is 14.5 Å². The van der Waals surface area contributed by atoms with Gasteiger partial charge in [-0.2, -0.15) is 0 Å². The highest BCUT2D eigenvalue weighted by molar-refractivity contribution is 6.15. The van der Waals surface area contributed by atoms with E-state index in [1.165, 1.54) is 18.3 Å². The summed E-state index contributed by atoms with van der Waals surface area (Å²) in [5.41, 5.74) is 1.21. The SMILES string of the molecule is COC(=O)c1ncn2c1C(=O)N(c1cc(C)ccc1C)[C@@](C)(C(=O)NCCCOC(C)C)C2. The van der Waals surface area contributed by atoms with Gasteiger partial charge in [0, 0.05) is 18.8 Å². The summed E-state index contributed by atoms with van der Waals surface area (Å²) in [5.74, 6) is -1.47. The number of methoxy groups -OCH3 is 1. The van der Waals surface area contributed by atoms with E-state index in [2.05, 4.69) is 10.3 Å². The van der Waals surface area contributed by atoms with Gasteiger partial charge in [0.1, 0.15) is 11.2 Å². The maximum atomic E-state index is 13.8. The minimum Gasteiger partial charge on any atom is -0.464 e. The zero-order chi connectivity index (χ0) is 24.3. The molecule has 1 aliphatic heterocycles. The van der Waals surface area contributed by atoms with Gasteiger partial charge in [-0.1, -0.05) is 12.1 Å². The zero-order valence-electron chi connectivity index (χ0n) is 20.1. The van der Waals surface area contributed by atoms with Gasteiger partial charge >= 0.3 is 5.97 Å². The third-order valence-electron chi connectivity index (χ3n) is 5.75. The number of nitrogens with one attached hydrogen (secondary N) is 1. The molecular weight excluding hydrogens is 424 g/mol. The van der Waals surface area contributed by atoms with E-state index in [1.807, 2.05) is 45.9 Å². The fourth-order valence-corrected chi connectivity index (χ4v) is 4.00. The number of esters is 1. The van der Waals surface area contributed by atoms with Gasteiger partial charge in [0.15, 0.2) is 5.69 Å². The molecular formula is C24H32N4O5. The molecule has 178 valence electrons. The minimum absolute atomic E-state index is 0.0638. The van der Waals surface area contributed by atoms with Gasteiger partial charge < -0.3 is 19.4 Å². The molecule has 1 aromatic carbocycles. The Morgan fingerprint density at radius 1 is 1.27 bits per heavy atom. The highest BCUT2D eigenvalue weighted by Gasteiger charge is 2.50. The molecule has 0 saturated heterocycles. The third kappa shape index (κ3) is 4.78. The fraction of sp³-hybridized carbons (Fsp3) is 0.500. The molecule has 0 bridgehead atoms. The lowest BCUT2D eigenvalue weighted by Gasteiger charge is -2.44. The summed E-state index contributed by atoms with van der Waals surface area (Å²) in [7, 11) is 1.24. The van der Waals surface area contributed by atoms with E-state index < -0.39 is 17.4 Å². The van der Waals surface area contributed by atoms with Crippen LogP contribution in [0, 0.1) is 13.8 Å². The van der Waals surface area contributed by atoms with Crippen LogP contribution in [0.4, 0.5) is 5.69 Å². The Labute approximate surface area is 194 Å². The van der Waals surface area contributed by atoms with E-state index >= 15 is 0 Å². The fourth-order valence-electron chi connectivity index (χ4n) is 4.00. The Hall–Kier alpha value is -3.20. The minimum atomic E-state index is -1.24. The van der Waals surface area contributed by atoms with Gasteiger partial charge in [-0.25, -0.2) is 9.78 Å². The lowest BCUT2D eigenvalue weighted by atomic mass is 9.92. The number of carbonyl (C=O) groups excluding carboxylic acids is 3. The number of hydrogen-bond acceptors (Lipinski definition) is 6. The van der Waals surface area contributed by atoms with Gasteiger partial charge in [-0.05, 0) is 58.2 Å². The maximum Gasteiger partial charge on any atom is 0.359 e. The molecule has 9 nitrogen and oxygen atoms in total. The smallest absolute Gasteiger partial charge is 0.359 e. The lowest BCUT2D eigenvalue weighted by molar-refractivity contribution is -0.126. The first-order valence-electron chi connectivity index (χ1n) is 11.0. The molecule has 1 aliphatic rings. The molecule has 0 aliphatic carbocycles. The van der Waals surface area contributed by atoms with E-state index in [-0.39, 0.29) is 29.9 Å². The molecule has 0 fully saturated rings. The number of imidazole rings is 1. The van der Waals surface area contributed by atoms with Crippen molar-refractivity contribution in [2.24, 2.45) is 0 Å². The van der Waals surface area contributed by atoms with Crippen LogP contribution in [0.2, 0.25) is 0 Å². The third-order valence-corrected chi connectivity index (χ3v) is 5.75. The van der Waals surface area contributed by atoms with E-state index in [4.69, 9.17) is 9.47 Å². The van der Waals surface area contributed by atoms with Gasteiger partial charge in [-0.15, -0.1) is 0 Å².